The molecule has 2 fully saturated rings. The van der Waals surface area contributed by atoms with Gasteiger partial charge in [-0.3, -0.25) is 0 Å². The minimum Gasteiger partial charge on any atom is -0.314 e. The van der Waals surface area contributed by atoms with Crippen LogP contribution in [0.25, 0.3) is 0 Å². The van der Waals surface area contributed by atoms with E-state index in [1.165, 1.54) is 83.8 Å². The van der Waals surface area contributed by atoms with E-state index in [9.17, 15) is 0 Å². The molecule has 1 heterocycles. The van der Waals surface area contributed by atoms with Crippen molar-refractivity contribution in [2.24, 2.45) is 5.92 Å². The second-order valence-electron chi connectivity index (χ2n) is 7.01. The molecule has 2 aliphatic rings. The number of piperidine rings is 1. The summed E-state index contributed by atoms with van der Waals surface area (Å²) in [5.74, 6) is 0.950. The fraction of sp³-hybridized carbons (Fsp3) is 1.00. The Bertz CT molecular complexity index is 252. The maximum atomic E-state index is 3.79. The Morgan fingerprint density at radius 3 is 2.65 bits per heavy atom. The lowest BCUT2D eigenvalue weighted by Gasteiger charge is -2.36. The predicted molar refractivity (Wildman–Crippen MR) is 88.2 cm³/mol. The molecule has 0 radical (unpaired) electrons. The second kappa shape index (κ2) is 9.04. The molecule has 20 heavy (non-hydrogen) atoms. The normalized spacial score (nSPS) is 31.8. The fourth-order valence-corrected chi connectivity index (χ4v) is 4.33. The highest BCUT2D eigenvalue weighted by atomic mass is 15.2. The number of nitrogens with zero attached hydrogens (tertiary/aromatic N) is 1. The van der Waals surface area contributed by atoms with Crippen LogP contribution in [0.2, 0.25) is 0 Å². The van der Waals surface area contributed by atoms with Crippen molar-refractivity contribution in [3.05, 3.63) is 0 Å². The van der Waals surface area contributed by atoms with Crippen LogP contribution >= 0.6 is 0 Å². The first-order chi connectivity index (χ1) is 9.85. The minimum absolute atomic E-state index is 0.823. The van der Waals surface area contributed by atoms with Crippen LogP contribution in [0.3, 0.4) is 0 Å². The Kier molecular flexibility index (Phi) is 7.37. The molecule has 2 heteroatoms. The van der Waals surface area contributed by atoms with E-state index in [2.05, 4.69) is 24.1 Å². The first kappa shape index (κ1) is 16.3. The van der Waals surface area contributed by atoms with E-state index in [0.29, 0.717) is 0 Å². The number of nitrogens with one attached hydrogen (secondary N) is 1. The monoisotopic (exact) mass is 280 g/mol. The zero-order valence-electron chi connectivity index (χ0n) is 13.9. The molecule has 1 saturated carbocycles. The Balaban J connectivity index is 1.74. The van der Waals surface area contributed by atoms with Crippen LogP contribution in [0.4, 0.5) is 0 Å². The first-order valence-corrected chi connectivity index (χ1v) is 9.32. The lowest BCUT2D eigenvalue weighted by atomic mass is 9.95. The molecule has 3 unspecified atom stereocenters. The van der Waals surface area contributed by atoms with E-state index >= 15 is 0 Å². The van der Waals surface area contributed by atoms with Crippen LogP contribution in [0.15, 0.2) is 0 Å². The number of rotatable bonds is 8. The van der Waals surface area contributed by atoms with Gasteiger partial charge in [0.15, 0.2) is 0 Å². The molecule has 118 valence electrons. The summed E-state index contributed by atoms with van der Waals surface area (Å²) in [6, 6.07) is 1.72. The lowest BCUT2D eigenvalue weighted by molar-refractivity contribution is 0.128. The Morgan fingerprint density at radius 2 is 1.85 bits per heavy atom. The average Bonchev–Trinajstić information content (AvgIpc) is 2.92. The molecule has 0 bridgehead atoms. The van der Waals surface area contributed by atoms with Gasteiger partial charge in [-0.1, -0.05) is 33.1 Å². The first-order valence-electron chi connectivity index (χ1n) is 9.32. The fourth-order valence-electron chi connectivity index (χ4n) is 4.33. The summed E-state index contributed by atoms with van der Waals surface area (Å²) < 4.78 is 0. The van der Waals surface area contributed by atoms with Crippen LogP contribution in [-0.4, -0.2) is 36.6 Å². The van der Waals surface area contributed by atoms with Gasteiger partial charge in [0.25, 0.3) is 0 Å². The third-order valence-electron chi connectivity index (χ3n) is 5.47. The van der Waals surface area contributed by atoms with Crippen molar-refractivity contribution in [3.8, 4) is 0 Å². The summed E-state index contributed by atoms with van der Waals surface area (Å²) in [6.07, 6.45) is 14.2. The molecular formula is C18H36N2. The van der Waals surface area contributed by atoms with Crippen molar-refractivity contribution in [1.82, 2.24) is 10.2 Å². The van der Waals surface area contributed by atoms with Gasteiger partial charge in [0, 0.05) is 12.1 Å². The average molecular weight is 280 g/mol. The van der Waals surface area contributed by atoms with Gasteiger partial charge in [-0.05, 0) is 70.5 Å². The molecule has 1 aliphatic heterocycles. The van der Waals surface area contributed by atoms with E-state index in [1.807, 2.05) is 0 Å². The van der Waals surface area contributed by atoms with Crippen molar-refractivity contribution < 1.29 is 0 Å². The van der Waals surface area contributed by atoms with Crippen LogP contribution in [0, 0.1) is 5.92 Å². The van der Waals surface area contributed by atoms with E-state index < -0.39 is 0 Å². The highest BCUT2D eigenvalue weighted by Gasteiger charge is 2.28. The molecule has 0 aromatic rings. The quantitative estimate of drug-likeness (QED) is 0.717. The molecule has 2 rings (SSSR count). The molecule has 1 aliphatic carbocycles. The van der Waals surface area contributed by atoms with Crippen LogP contribution in [0.5, 0.6) is 0 Å². The van der Waals surface area contributed by atoms with E-state index in [0.717, 1.165) is 18.0 Å². The summed E-state index contributed by atoms with van der Waals surface area (Å²) in [6.45, 7) is 8.56. The highest BCUT2D eigenvalue weighted by Crippen LogP contribution is 2.30. The molecule has 0 aromatic carbocycles. The molecule has 0 aromatic heterocycles. The van der Waals surface area contributed by atoms with Gasteiger partial charge in [-0.25, -0.2) is 0 Å². The van der Waals surface area contributed by atoms with Crippen molar-refractivity contribution >= 4 is 0 Å². The summed E-state index contributed by atoms with van der Waals surface area (Å²) in [5.41, 5.74) is 0. The van der Waals surface area contributed by atoms with Crippen LogP contribution in [-0.2, 0) is 0 Å². The standard InChI is InChI=1S/C18H36N2/c1-3-8-17-10-5-6-14-20(17)15-12-16-9-7-11-18(16)19-13-4-2/h16-19H,3-15H2,1-2H3. The zero-order chi connectivity index (χ0) is 14.2. The third kappa shape index (κ3) is 4.73. The molecule has 0 amide bonds. The summed E-state index contributed by atoms with van der Waals surface area (Å²) in [7, 11) is 0. The number of likely N-dealkylation sites (tertiary alicyclic amines) is 1. The van der Waals surface area contributed by atoms with Crippen molar-refractivity contribution in [2.45, 2.75) is 90.1 Å². The molecule has 2 nitrogen and oxygen atoms in total. The summed E-state index contributed by atoms with van der Waals surface area (Å²) in [5, 5.41) is 3.79. The predicted octanol–water partition coefficient (Wildman–Crippen LogP) is 4.20. The minimum atomic E-state index is 0.823. The van der Waals surface area contributed by atoms with E-state index in [4.69, 9.17) is 0 Å². The molecule has 0 spiro atoms. The Morgan fingerprint density at radius 1 is 0.950 bits per heavy atom. The SMILES string of the molecule is CCCNC1CCCC1CCN1CCCCC1CCC. The van der Waals surface area contributed by atoms with Gasteiger partial charge < -0.3 is 10.2 Å². The van der Waals surface area contributed by atoms with Gasteiger partial charge in [-0.15, -0.1) is 0 Å². The molecule has 1 N–H and O–H groups in total. The Labute approximate surface area is 126 Å². The van der Waals surface area contributed by atoms with Crippen LogP contribution < -0.4 is 5.32 Å². The van der Waals surface area contributed by atoms with Crippen molar-refractivity contribution in [2.75, 3.05) is 19.6 Å². The topological polar surface area (TPSA) is 15.3 Å². The number of hydrogen-bond acceptors (Lipinski definition) is 2. The van der Waals surface area contributed by atoms with E-state index in [-0.39, 0.29) is 0 Å². The van der Waals surface area contributed by atoms with E-state index in [1.54, 1.807) is 0 Å². The van der Waals surface area contributed by atoms with Gasteiger partial charge in [-0.2, -0.15) is 0 Å². The maximum Gasteiger partial charge on any atom is 0.00958 e. The molecule has 1 saturated heterocycles. The second-order valence-corrected chi connectivity index (χ2v) is 7.01. The van der Waals surface area contributed by atoms with Gasteiger partial charge in [0.05, 0.1) is 0 Å². The summed E-state index contributed by atoms with van der Waals surface area (Å²) >= 11 is 0. The third-order valence-corrected chi connectivity index (χ3v) is 5.47. The Hall–Kier alpha value is -0.0800. The maximum absolute atomic E-state index is 3.79. The number of hydrogen-bond donors (Lipinski definition) is 1. The van der Waals surface area contributed by atoms with Gasteiger partial charge in [0.1, 0.15) is 0 Å². The van der Waals surface area contributed by atoms with Crippen LogP contribution in [0.1, 0.15) is 78.1 Å². The van der Waals surface area contributed by atoms with Crippen molar-refractivity contribution in [1.29, 1.82) is 0 Å². The molecule has 3 atom stereocenters. The highest BCUT2D eigenvalue weighted by molar-refractivity contribution is 4.85. The zero-order valence-corrected chi connectivity index (χ0v) is 13.9. The van der Waals surface area contributed by atoms with Gasteiger partial charge in [0.2, 0.25) is 0 Å². The smallest absolute Gasteiger partial charge is 0.00958 e. The lowest BCUT2D eigenvalue weighted by Crippen LogP contribution is -2.41. The largest absolute Gasteiger partial charge is 0.314 e. The summed E-state index contributed by atoms with van der Waals surface area (Å²) in [4.78, 5) is 2.82. The van der Waals surface area contributed by atoms with Crippen molar-refractivity contribution in [3.63, 3.8) is 0 Å². The molecular weight excluding hydrogens is 244 g/mol. The van der Waals surface area contributed by atoms with Gasteiger partial charge >= 0.3 is 0 Å².